The lowest BCUT2D eigenvalue weighted by Crippen LogP contribution is -1.99. The Kier molecular flexibility index (Phi) is 4.53. The molecule has 0 unspecified atom stereocenters. The highest BCUT2D eigenvalue weighted by molar-refractivity contribution is 9.08. The molecule has 0 aliphatic rings. The monoisotopic (exact) mass is 316 g/mol. The molecule has 0 radical (unpaired) electrons. The summed E-state index contributed by atoms with van der Waals surface area (Å²) in [5, 5.41) is 9.55. The average molecular weight is 317 g/mol. The molecule has 1 aromatic carbocycles. The maximum absolute atomic E-state index is 8.82. The van der Waals surface area contributed by atoms with Gasteiger partial charge in [0, 0.05) is 5.33 Å². The fourth-order valence-corrected chi connectivity index (χ4v) is 2.00. The number of aromatic nitrogens is 1. The fraction of sp³-hybridized carbons (Fsp3) is 0.200. The molecule has 0 saturated heterocycles. The van der Waals surface area contributed by atoms with Crippen molar-refractivity contribution in [3.63, 3.8) is 0 Å². The summed E-state index contributed by atoms with van der Waals surface area (Å²) in [4.78, 5) is 4.24. The van der Waals surface area contributed by atoms with Crippen LogP contribution in [0.1, 0.15) is 22.4 Å². The van der Waals surface area contributed by atoms with Crippen LogP contribution >= 0.6 is 15.9 Å². The number of rotatable bonds is 4. The molecule has 96 valence electrons. The standard InChI is InChI=1S/C15H13BrN2O/c1-11-6-12(8-17)2-3-13(11)10-19-15-5-4-14(7-16)18-9-15/h2-6,9H,7,10H2,1H3. The summed E-state index contributed by atoms with van der Waals surface area (Å²) in [6.45, 7) is 2.46. The van der Waals surface area contributed by atoms with Gasteiger partial charge >= 0.3 is 0 Å². The number of nitriles is 1. The Balaban J connectivity index is 2.04. The second kappa shape index (κ2) is 6.35. The average Bonchev–Trinajstić information content (AvgIpc) is 2.46. The van der Waals surface area contributed by atoms with E-state index in [0.29, 0.717) is 12.2 Å². The Labute approximate surface area is 121 Å². The molecule has 0 aliphatic heterocycles. The second-order valence-electron chi connectivity index (χ2n) is 4.16. The van der Waals surface area contributed by atoms with Crippen molar-refractivity contribution < 1.29 is 4.74 Å². The predicted octanol–water partition coefficient (Wildman–Crippen LogP) is 3.74. The molecule has 0 fully saturated rings. The van der Waals surface area contributed by atoms with E-state index < -0.39 is 0 Å². The van der Waals surface area contributed by atoms with Crippen LogP contribution in [0.15, 0.2) is 36.5 Å². The van der Waals surface area contributed by atoms with Gasteiger partial charge in [0.25, 0.3) is 0 Å². The van der Waals surface area contributed by atoms with E-state index in [-0.39, 0.29) is 0 Å². The summed E-state index contributed by atoms with van der Waals surface area (Å²) in [6.07, 6.45) is 1.72. The normalized spacial score (nSPS) is 9.95. The Hall–Kier alpha value is -1.86. The molecular formula is C15H13BrN2O. The maximum Gasteiger partial charge on any atom is 0.138 e. The van der Waals surface area contributed by atoms with Crippen LogP contribution in [0.5, 0.6) is 5.75 Å². The summed E-state index contributed by atoms with van der Waals surface area (Å²) in [7, 11) is 0. The number of aryl methyl sites for hydroxylation is 1. The SMILES string of the molecule is Cc1cc(C#N)ccc1COc1ccc(CBr)nc1. The summed E-state index contributed by atoms with van der Waals surface area (Å²) in [5.74, 6) is 0.744. The van der Waals surface area contributed by atoms with E-state index in [0.717, 1.165) is 27.9 Å². The van der Waals surface area contributed by atoms with Crippen molar-refractivity contribution in [1.29, 1.82) is 5.26 Å². The Morgan fingerprint density at radius 1 is 1.32 bits per heavy atom. The Bertz CT molecular complexity index is 603. The van der Waals surface area contributed by atoms with Crippen LogP contribution in [-0.2, 0) is 11.9 Å². The number of benzene rings is 1. The first-order chi connectivity index (χ1) is 9.22. The molecule has 19 heavy (non-hydrogen) atoms. The van der Waals surface area contributed by atoms with Gasteiger partial charge in [-0.2, -0.15) is 5.26 Å². The minimum atomic E-state index is 0.479. The van der Waals surface area contributed by atoms with Crippen molar-refractivity contribution in [3.8, 4) is 11.8 Å². The van der Waals surface area contributed by atoms with Gasteiger partial charge in [0.1, 0.15) is 12.4 Å². The quantitative estimate of drug-likeness (QED) is 0.807. The molecule has 2 aromatic rings. The third kappa shape index (κ3) is 3.55. The number of hydrogen-bond acceptors (Lipinski definition) is 3. The highest BCUT2D eigenvalue weighted by atomic mass is 79.9. The van der Waals surface area contributed by atoms with Gasteiger partial charge in [-0.3, -0.25) is 4.98 Å². The lowest BCUT2D eigenvalue weighted by atomic mass is 10.1. The largest absolute Gasteiger partial charge is 0.487 e. The molecule has 0 N–H and O–H groups in total. The fourth-order valence-electron chi connectivity index (χ4n) is 1.66. The van der Waals surface area contributed by atoms with Crippen molar-refractivity contribution in [2.45, 2.75) is 18.9 Å². The van der Waals surface area contributed by atoms with Crippen molar-refractivity contribution in [2.75, 3.05) is 0 Å². The zero-order chi connectivity index (χ0) is 13.7. The lowest BCUT2D eigenvalue weighted by Gasteiger charge is -2.09. The molecule has 3 nitrogen and oxygen atoms in total. The zero-order valence-electron chi connectivity index (χ0n) is 10.6. The van der Waals surface area contributed by atoms with E-state index in [9.17, 15) is 0 Å². The Morgan fingerprint density at radius 2 is 2.16 bits per heavy atom. The van der Waals surface area contributed by atoms with E-state index in [1.807, 2.05) is 31.2 Å². The van der Waals surface area contributed by atoms with Crippen molar-refractivity contribution in [2.24, 2.45) is 0 Å². The van der Waals surface area contributed by atoms with Crippen molar-refractivity contribution >= 4 is 15.9 Å². The summed E-state index contributed by atoms with van der Waals surface area (Å²) in [6, 6.07) is 11.6. The minimum Gasteiger partial charge on any atom is -0.487 e. The smallest absolute Gasteiger partial charge is 0.138 e. The van der Waals surface area contributed by atoms with Crippen LogP contribution in [0, 0.1) is 18.3 Å². The van der Waals surface area contributed by atoms with Crippen molar-refractivity contribution in [3.05, 3.63) is 58.9 Å². The number of ether oxygens (including phenoxy) is 1. The molecule has 4 heteroatoms. The number of alkyl halides is 1. The molecule has 1 aromatic heterocycles. The molecule has 0 aliphatic carbocycles. The first kappa shape index (κ1) is 13.6. The van der Waals surface area contributed by atoms with Crippen LogP contribution in [0.4, 0.5) is 0 Å². The van der Waals surface area contributed by atoms with E-state index in [1.54, 1.807) is 12.3 Å². The van der Waals surface area contributed by atoms with E-state index in [2.05, 4.69) is 27.0 Å². The van der Waals surface area contributed by atoms with E-state index in [1.165, 1.54) is 0 Å². The van der Waals surface area contributed by atoms with Gasteiger partial charge < -0.3 is 4.74 Å². The predicted molar refractivity (Wildman–Crippen MR) is 77.1 cm³/mol. The number of nitrogens with zero attached hydrogens (tertiary/aromatic N) is 2. The van der Waals surface area contributed by atoms with Gasteiger partial charge in [-0.25, -0.2) is 0 Å². The van der Waals surface area contributed by atoms with Gasteiger partial charge in [0.05, 0.1) is 23.5 Å². The number of hydrogen-bond donors (Lipinski definition) is 0. The van der Waals surface area contributed by atoms with Gasteiger partial charge in [-0.1, -0.05) is 22.0 Å². The summed E-state index contributed by atoms with van der Waals surface area (Å²) < 4.78 is 5.69. The Morgan fingerprint density at radius 3 is 2.74 bits per heavy atom. The highest BCUT2D eigenvalue weighted by Crippen LogP contribution is 2.16. The van der Waals surface area contributed by atoms with Gasteiger partial charge in [0.2, 0.25) is 0 Å². The van der Waals surface area contributed by atoms with E-state index >= 15 is 0 Å². The van der Waals surface area contributed by atoms with Crippen LogP contribution in [0.25, 0.3) is 0 Å². The van der Waals surface area contributed by atoms with Gasteiger partial charge in [-0.15, -0.1) is 0 Å². The first-order valence-corrected chi connectivity index (χ1v) is 6.98. The molecule has 0 amide bonds. The minimum absolute atomic E-state index is 0.479. The lowest BCUT2D eigenvalue weighted by molar-refractivity contribution is 0.304. The number of halogens is 1. The first-order valence-electron chi connectivity index (χ1n) is 5.86. The second-order valence-corrected chi connectivity index (χ2v) is 4.72. The highest BCUT2D eigenvalue weighted by Gasteiger charge is 2.02. The molecule has 2 rings (SSSR count). The van der Waals surface area contributed by atoms with Crippen LogP contribution < -0.4 is 4.74 Å². The molecule has 0 spiro atoms. The topological polar surface area (TPSA) is 45.9 Å². The van der Waals surface area contributed by atoms with Crippen LogP contribution in [0.2, 0.25) is 0 Å². The van der Waals surface area contributed by atoms with Crippen molar-refractivity contribution in [1.82, 2.24) is 4.98 Å². The van der Waals surface area contributed by atoms with Crippen LogP contribution in [-0.4, -0.2) is 4.98 Å². The third-order valence-electron chi connectivity index (χ3n) is 2.80. The molecular weight excluding hydrogens is 304 g/mol. The third-order valence-corrected chi connectivity index (χ3v) is 3.38. The molecule has 0 saturated carbocycles. The molecule has 0 bridgehead atoms. The van der Waals surface area contributed by atoms with Gasteiger partial charge in [-0.05, 0) is 42.3 Å². The zero-order valence-corrected chi connectivity index (χ0v) is 12.1. The summed E-state index contributed by atoms with van der Waals surface area (Å²) in [5.41, 5.74) is 3.78. The molecule has 0 atom stereocenters. The van der Waals surface area contributed by atoms with Gasteiger partial charge in [0.15, 0.2) is 0 Å². The maximum atomic E-state index is 8.82. The van der Waals surface area contributed by atoms with Crippen LogP contribution in [0.3, 0.4) is 0 Å². The number of pyridine rings is 1. The molecule has 1 heterocycles. The summed E-state index contributed by atoms with van der Waals surface area (Å²) >= 11 is 3.35. The van der Waals surface area contributed by atoms with E-state index in [4.69, 9.17) is 10.00 Å².